The predicted molar refractivity (Wildman–Crippen MR) is 80.8 cm³/mol. The second kappa shape index (κ2) is 6.34. The van der Waals surface area contributed by atoms with E-state index in [1.54, 1.807) is 18.5 Å². The number of halogens is 4. The molecule has 0 atom stereocenters. The van der Waals surface area contributed by atoms with Crippen LogP contribution in [0, 0.1) is 0 Å². The Bertz CT molecular complexity index is 629. The van der Waals surface area contributed by atoms with Gasteiger partial charge in [0.15, 0.2) is 0 Å². The van der Waals surface area contributed by atoms with E-state index in [4.69, 9.17) is 0 Å². The van der Waals surface area contributed by atoms with E-state index in [-0.39, 0.29) is 0 Å². The summed E-state index contributed by atoms with van der Waals surface area (Å²) in [4.78, 5) is 4.04. The molecule has 0 unspecified atom stereocenters. The zero-order valence-electron chi connectivity index (χ0n) is 11.1. The van der Waals surface area contributed by atoms with Gasteiger partial charge in [-0.1, -0.05) is 0 Å². The molecule has 112 valence electrons. The predicted octanol–water partition coefficient (Wildman–Crippen LogP) is 5.04. The Morgan fingerprint density at radius 1 is 1.14 bits per heavy atom. The number of benzene rings is 1. The normalized spacial score (nSPS) is 11.3. The quantitative estimate of drug-likeness (QED) is 0.802. The van der Waals surface area contributed by atoms with Crippen molar-refractivity contribution in [2.24, 2.45) is 0 Å². The number of nitrogens with zero attached hydrogens (tertiary/aromatic N) is 1. The number of hydrogen-bond donors (Lipinski definition) is 2. The molecule has 0 saturated heterocycles. The van der Waals surface area contributed by atoms with Crippen LogP contribution in [0.5, 0.6) is 0 Å². The first-order valence-corrected chi connectivity index (χ1v) is 7.02. The van der Waals surface area contributed by atoms with Gasteiger partial charge in [0.2, 0.25) is 0 Å². The van der Waals surface area contributed by atoms with Gasteiger partial charge in [-0.2, -0.15) is 13.2 Å². The third kappa shape index (κ3) is 4.10. The molecular formula is C14H13BrF3N3. The first-order valence-electron chi connectivity index (χ1n) is 6.23. The molecule has 0 saturated carbocycles. The molecule has 0 fully saturated rings. The molecule has 0 spiro atoms. The monoisotopic (exact) mass is 359 g/mol. The summed E-state index contributed by atoms with van der Waals surface area (Å²) < 4.78 is 38.8. The van der Waals surface area contributed by atoms with Crippen LogP contribution in [0.15, 0.2) is 41.1 Å². The smallest absolute Gasteiger partial charge is 0.384 e. The van der Waals surface area contributed by atoms with Gasteiger partial charge in [-0.15, -0.1) is 0 Å². The highest BCUT2D eigenvalue weighted by Crippen LogP contribution is 2.35. The highest BCUT2D eigenvalue weighted by molar-refractivity contribution is 9.10. The summed E-state index contributed by atoms with van der Waals surface area (Å²) in [5, 5.41) is 6.02. The number of anilines is 3. The average Bonchev–Trinajstić information content (AvgIpc) is 2.41. The summed E-state index contributed by atoms with van der Waals surface area (Å²) in [6, 6.07) is 5.24. The largest absolute Gasteiger partial charge is 0.416 e. The zero-order valence-corrected chi connectivity index (χ0v) is 12.7. The SMILES string of the molecule is CCNc1cncc(Nc2cc(C(F)(F)F)ccc2Br)c1. The van der Waals surface area contributed by atoms with Gasteiger partial charge >= 0.3 is 6.18 Å². The summed E-state index contributed by atoms with van der Waals surface area (Å²) in [6.07, 6.45) is -1.18. The molecule has 0 aliphatic heterocycles. The van der Waals surface area contributed by atoms with E-state index in [1.165, 1.54) is 6.07 Å². The molecule has 0 aliphatic carbocycles. The maximum absolute atomic E-state index is 12.7. The van der Waals surface area contributed by atoms with Crippen molar-refractivity contribution in [2.75, 3.05) is 17.2 Å². The van der Waals surface area contributed by atoms with Crippen LogP contribution >= 0.6 is 15.9 Å². The van der Waals surface area contributed by atoms with E-state index in [2.05, 4.69) is 31.5 Å². The Morgan fingerprint density at radius 3 is 2.52 bits per heavy atom. The van der Waals surface area contributed by atoms with Gasteiger partial charge < -0.3 is 10.6 Å². The minimum absolute atomic E-state index is 0.334. The summed E-state index contributed by atoms with van der Waals surface area (Å²) in [6.45, 7) is 2.68. The van der Waals surface area contributed by atoms with Gasteiger partial charge in [0.1, 0.15) is 0 Å². The highest BCUT2D eigenvalue weighted by Gasteiger charge is 2.30. The third-order valence-electron chi connectivity index (χ3n) is 2.69. The van der Waals surface area contributed by atoms with E-state index >= 15 is 0 Å². The number of rotatable bonds is 4. The molecule has 1 heterocycles. The standard InChI is InChI=1S/C14H13BrF3N3/c1-2-20-10-6-11(8-19-7-10)21-13-5-9(14(16,17)18)3-4-12(13)15/h3-8,20-21H,2H2,1H3. The molecule has 2 rings (SSSR count). The first kappa shape index (κ1) is 15.6. The molecule has 0 bridgehead atoms. The van der Waals surface area contributed by atoms with Crippen molar-refractivity contribution < 1.29 is 13.2 Å². The fraction of sp³-hybridized carbons (Fsp3) is 0.214. The Kier molecular flexibility index (Phi) is 4.72. The minimum atomic E-state index is -4.37. The number of alkyl halides is 3. The molecular weight excluding hydrogens is 347 g/mol. The lowest BCUT2D eigenvalue weighted by Crippen LogP contribution is -2.05. The van der Waals surface area contributed by atoms with Crippen LogP contribution in [0.2, 0.25) is 0 Å². The Morgan fingerprint density at radius 2 is 1.86 bits per heavy atom. The molecule has 7 heteroatoms. The lowest BCUT2D eigenvalue weighted by Gasteiger charge is -2.13. The molecule has 1 aromatic heterocycles. The van der Waals surface area contributed by atoms with Crippen LogP contribution in [0.1, 0.15) is 12.5 Å². The zero-order chi connectivity index (χ0) is 15.5. The molecule has 2 N–H and O–H groups in total. The van der Waals surface area contributed by atoms with Crippen LogP contribution in [-0.4, -0.2) is 11.5 Å². The highest BCUT2D eigenvalue weighted by atomic mass is 79.9. The molecule has 0 amide bonds. The molecule has 1 aromatic carbocycles. The molecule has 21 heavy (non-hydrogen) atoms. The van der Waals surface area contributed by atoms with E-state index in [1.807, 2.05) is 6.92 Å². The van der Waals surface area contributed by atoms with Crippen molar-refractivity contribution in [3.05, 3.63) is 46.7 Å². The Balaban J connectivity index is 2.28. The van der Waals surface area contributed by atoms with Crippen LogP contribution in [0.4, 0.5) is 30.2 Å². The van der Waals surface area contributed by atoms with Crippen LogP contribution in [0.3, 0.4) is 0 Å². The lowest BCUT2D eigenvalue weighted by molar-refractivity contribution is -0.137. The van der Waals surface area contributed by atoms with Crippen molar-refractivity contribution in [3.63, 3.8) is 0 Å². The molecule has 0 radical (unpaired) electrons. The maximum Gasteiger partial charge on any atom is 0.416 e. The van der Waals surface area contributed by atoms with Crippen molar-refractivity contribution in [1.82, 2.24) is 4.98 Å². The van der Waals surface area contributed by atoms with Gasteiger partial charge in [-0.25, -0.2) is 0 Å². The van der Waals surface area contributed by atoms with Gasteiger partial charge in [0.25, 0.3) is 0 Å². The van der Waals surface area contributed by atoms with Crippen LogP contribution < -0.4 is 10.6 Å². The number of aromatic nitrogens is 1. The van der Waals surface area contributed by atoms with Crippen molar-refractivity contribution in [1.29, 1.82) is 0 Å². The molecule has 0 aliphatic rings. The lowest BCUT2D eigenvalue weighted by atomic mass is 10.2. The second-order valence-corrected chi connectivity index (χ2v) is 5.16. The van der Waals surface area contributed by atoms with Crippen molar-refractivity contribution >= 4 is 33.0 Å². The summed E-state index contributed by atoms with van der Waals surface area (Å²) in [5.74, 6) is 0. The average molecular weight is 360 g/mol. The Hall–Kier alpha value is -1.76. The van der Waals surface area contributed by atoms with E-state index in [0.717, 1.165) is 24.4 Å². The number of nitrogens with one attached hydrogen (secondary N) is 2. The van der Waals surface area contributed by atoms with Crippen molar-refractivity contribution in [2.45, 2.75) is 13.1 Å². The summed E-state index contributed by atoms with van der Waals surface area (Å²) in [7, 11) is 0. The topological polar surface area (TPSA) is 37.0 Å². The van der Waals surface area contributed by atoms with Gasteiger partial charge in [0.05, 0.1) is 35.0 Å². The van der Waals surface area contributed by atoms with Gasteiger partial charge in [0, 0.05) is 11.0 Å². The van der Waals surface area contributed by atoms with E-state index < -0.39 is 11.7 Å². The molecule has 2 aromatic rings. The minimum Gasteiger partial charge on any atom is -0.384 e. The molecule has 3 nitrogen and oxygen atoms in total. The van der Waals surface area contributed by atoms with E-state index in [9.17, 15) is 13.2 Å². The first-order chi connectivity index (χ1) is 9.90. The van der Waals surface area contributed by atoms with Gasteiger partial charge in [-0.3, -0.25) is 4.98 Å². The second-order valence-electron chi connectivity index (χ2n) is 4.31. The van der Waals surface area contributed by atoms with Crippen LogP contribution in [-0.2, 0) is 6.18 Å². The maximum atomic E-state index is 12.7. The third-order valence-corrected chi connectivity index (χ3v) is 3.38. The van der Waals surface area contributed by atoms with Crippen LogP contribution in [0.25, 0.3) is 0 Å². The van der Waals surface area contributed by atoms with Gasteiger partial charge in [-0.05, 0) is 47.1 Å². The summed E-state index contributed by atoms with van der Waals surface area (Å²) >= 11 is 3.24. The summed E-state index contributed by atoms with van der Waals surface area (Å²) in [5.41, 5.74) is 1.03. The van der Waals surface area contributed by atoms with E-state index in [0.29, 0.717) is 15.8 Å². The fourth-order valence-corrected chi connectivity index (χ4v) is 2.11. The number of pyridine rings is 1. The fourth-order valence-electron chi connectivity index (χ4n) is 1.76. The number of hydrogen-bond acceptors (Lipinski definition) is 3. The van der Waals surface area contributed by atoms with Crippen molar-refractivity contribution in [3.8, 4) is 0 Å². The Labute approximate surface area is 128 Å².